The Morgan fingerprint density at radius 1 is 0.958 bits per heavy atom. The van der Waals surface area contributed by atoms with Crippen molar-refractivity contribution < 1.29 is 9.53 Å². The zero-order chi connectivity index (χ0) is 17.8. The number of rotatable bonds is 6. The molecule has 0 aliphatic carbocycles. The molecule has 0 bridgehead atoms. The minimum atomic E-state index is -2.55. The number of aliphatic hydroxyl groups is 1. The Morgan fingerprint density at radius 3 is 1.71 bits per heavy atom. The van der Waals surface area contributed by atoms with Gasteiger partial charge in [0.2, 0.25) is 0 Å². The Balaban J connectivity index is 2.57. The van der Waals surface area contributed by atoms with E-state index in [0.29, 0.717) is 6.61 Å². The lowest BCUT2D eigenvalue weighted by molar-refractivity contribution is 0.128. The van der Waals surface area contributed by atoms with Gasteiger partial charge < -0.3 is 15.3 Å². The number of aliphatic hydroxyl groups excluding tert-OH is 1. The molecule has 0 spiro atoms. The molecule has 0 aromatic heterocycles. The first kappa shape index (κ1) is 18.9. The smallest absolute Gasteiger partial charge is 0.261 e. The van der Waals surface area contributed by atoms with Crippen LogP contribution in [0, 0.1) is 0 Å². The summed E-state index contributed by atoms with van der Waals surface area (Å²) in [5.74, 6) is 0. The summed E-state index contributed by atoms with van der Waals surface area (Å²) in [6.45, 7) is 8.73. The first-order valence-corrected chi connectivity index (χ1v) is 10.4. The fraction of sp³-hybridized carbons (Fsp3) is 0.400. The van der Waals surface area contributed by atoms with Crippen LogP contribution < -0.4 is 16.1 Å². The Kier molecular flexibility index (Phi) is 5.99. The number of hydrogen-bond donors (Lipinski definition) is 2. The van der Waals surface area contributed by atoms with Crippen molar-refractivity contribution in [3.63, 3.8) is 0 Å². The molecule has 0 saturated heterocycles. The second-order valence-corrected chi connectivity index (χ2v) is 11.7. The van der Waals surface area contributed by atoms with Gasteiger partial charge in [0, 0.05) is 0 Å². The molecule has 0 fully saturated rings. The van der Waals surface area contributed by atoms with Gasteiger partial charge in [0.25, 0.3) is 8.32 Å². The minimum absolute atomic E-state index is 0.0753. The van der Waals surface area contributed by atoms with Crippen molar-refractivity contribution in [3.05, 3.63) is 60.7 Å². The van der Waals surface area contributed by atoms with E-state index >= 15 is 0 Å². The van der Waals surface area contributed by atoms with Crippen LogP contribution in [0.5, 0.6) is 0 Å². The molecule has 3 nitrogen and oxygen atoms in total. The van der Waals surface area contributed by atoms with Crippen molar-refractivity contribution in [2.45, 2.75) is 44.9 Å². The van der Waals surface area contributed by atoms with Crippen LogP contribution in [0.15, 0.2) is 60.7 Å². The van der Waals surface area contributed by atoms with Crippen LogP contribution >= 0.6 is 0 Å². The molecule has 0 amide bonds. The van der Waals surface area contributed by atoms with Gasteiger partial charge in [-0.05, 0) is 22.3 Å². The normalized spacial score (nSPS) is 15.1. The standard InChI is InChI=1S/C20H29NO2Si/c1-16(22)19(21)15-23-24(20(2,3)4,17-11-7-5-8-12-17)18-13-9-6-10-14-18/h5-14,16,19,22H,15,21H2,1-4H3/t16-,19+/m1/s1. The number of hydrogen-bond acceptors (Lipinski definition) is 3. The third kappa shape index (κ3) is 3.78. The molecule has 2 aromatic rings. The molecule has 2 aromatic carbocycles. The maximum atomic E-state index is 9.77. The van der Waals surface area contributed by atoms with Crippen molar-refractivity contribution in [3.8, 4) is 0 Å². The van der Waals surface area contributed by atoms with Crippen LogP contribution in [0.25, 0.3) is 0 Å². The minimum Gasteiger partial charge on any atom is -0.406 e. The van der Waals surface area contributed by atoms with E-state index in [1.165, 1.54) is 10.4 Å². The van der Waals surface area contributed by atoms with E-state index in [-0.39, 0.29) is 5.04 Å². The highest BCUT2D eigenvalue weighted by atomic mass is 28.4. The Bertz CT molecular complexity index is 584. The second-order valence-electron chi connectivity index (χ2n) is 7.38. The molecule has 130 valence electrons. The highest BCUT2D eigenvalue weighted by Gasteiger charge is 2.50. The van der Waals surface area contributed by atoms with Gasteiger partial charge in [-0.1, -0.05) is 81.4 Å². The average Bonchev–Trinajstić information content (AvgIpc) is 2.56. The van der Waals surface area contributed by atoms with Gasteiger partial charge >= 0.3 is 0 Å². The lowest BCUT2D eigenvalue weighted by Crippen LogP contribution is -2.67. The molecule has 2 atom stereocenters. The molecular formula is C20H29NO2Si. The Labute approximate surface area is 146 Å². The Morgan fingerprint density at radius 2 is 1.38 bits per heavy atom. The summed E-state index contributed by atoms with van der Waals surface area (Å²) < 4.78 is 6.64. The summed E-state index contributed by atoms with van der Waals surface area (Å²) in [5.41, 5.74) is 6.07. The molecule has 3 N–H and O–H groups in total. The molecule has 0 aliphatic rings. The molecule has 4 heteroatoms. The van der Waals surface area contributed by atoms with Gasteiger partial charge in [0.1, 0.15) is 0 Å². The highest BCUT2D eigenvalue weighted by Crippen LogP contribution is 2.36. The van der Waals surface area contributed by atoms with Gasteiger partial charge in [-0.2, -0.15) is 0 Å². The van der Waals surface area contributed by atoms with E-state index in [1.54, 1.807) is 6.92 Å². The SMILES string of the molecule is C[C@@H](O)[C@@H](N)CO[Si](c1ccccc1)(c1ccccc1)C(C)(C)C. The summed E-state index contributed by atoms with van der Waals surface area (Å²) in [5, 5.41) is 12.1. The van der Waals surface area contributed by atoms with Crippen molar-refractivity contribution in [1.29, 1.82) is 0 Å². The van der Waals surface area contributed by atoms with Gasteiger partial charge in [0.05, 0.1) is 18.8 Å². The molecule has 0 heterocycles. The maximum absolute atomic E-state index is 9.77. The van der Waals surface area contributed by atoms with E-state index in [4.69, 9.17) is 10.2 Å². The molecule has 0 unspecified atom stereocenters. The van der Waals surface area contributed by atoms with Gasteiger partial charge in [-0.3, -0.25) is 0 Å². The van der Waals surface area contributed by atoms with Crippen LogP contribution in [0.2, 0.25) is 5.04 Å². The third-order valence-corrected chi connectivity index (χ3v) is 9.53. The summed E-state index contributed by atoms with van der Waals surface area (Å²) in [6, 6.07) is 20.5. The van der Waals surface area contributed by atoms with Crippen LogP contribution in [-0.2, 0) is 4.43 Å². The fourth-order valence-electron chi connectivity index (χ4n) is 3.12. The van der Waals surface area contributed by atoms with Crippen LogP contribution in [0.3, 0.4) is 0 Å². The fourth-order valence-corrected chi connectivity index (χ4v) is 7.72. The van der Waals surface area contributed by atoms with Gasteiger partial charge in [-0.15, -0.1) is 0 Å². The molecule has 0 radical (unpaired) electrons. The molecular weight excluding hydrogens is 314 g/mol. The predicted molar refractivity (Wildman–Crippen MR) is 103 cm³/mol. The summed E-state index contributed by atoms with van der Waals surface area (Å²) in [4.78, 5) is 0. The second kappa shape index (κ2) is 7.62. The van der Waals surface area contributed by atoms with Gasteiger partial charge in [0.15, 0.2) is 0 Å². The van der Waals surface area contributed by atoms with E-state index < -0.39 is 20.5 Å². The average molecular weight is 344 g/mol. The van der Waals surface area contributed by atoms with Crippen LogP contribution in [0.1, 0.15) is 27.7 Å². The van der Waals surface area contributed by atoms with Crippen molar-refractivity contribution in [1.82, 2.24) is 0 Å². The van der Waals surface area contributed by atoms with Crippen molar-refractivity contribution >= 4 is 18.7 Å². The molecule has 0 saturated carbocycles. The van der Waals surface area contributed by atoms with E-state index in [2.05, 4.69) is 69.3 Å². The first-order chi connectivity index (χ1) is 11.3. The zero-order valence-corrected chi connectivity index (χ0v) is 16.1. The summed E-state index contributed by atoms with van der Waals surface area (Å²) >= 11 is 0. The summed E-state index contributed by atoms with van der Waals surface area (Å²) in [6.07, 6.45) is -0.594. The maximum Gasteiger partial charge on any atom is 0.261 e. The van der Waals surface area contributed by atoms with E-state index in [0.717, 1.165) is 0 Å². The van der Waals surface area contributed by atoms with Crippen LogP contribution in [0.4, 0.5) is 0 Å². The third-order valence-electron chi connectivity index (χ3n) is 4.53. The first-order valence-electron chi connectivity index (χ1n) is 8.47. The largest absolute Gasteiger partial charge is 0.406 e. The molecule has 24 heavy (non-hydrogen) atoms. The van der Waals surface area contributed by atoms with Crippen molar-refractivity contribution in [2.75, 3.05) is 6.61 Å². The van der Waals surface area contributed by atoms with Crippen molar-refractivity contribution in [2.24, 2.45) is 5.73 Å². The van der Waals surface area contributed by atoms with Crippen LogP contribution in [-0.4, -0.2) is 32.2 Å². The lowest BCUT2D eigenvalue weighted by Gasteiger charge is -2.43. The highest BCUT2D eigenvalue weighted by molar-refractivity contribution is 6.99. The number of nitrogens with two attached hydrogens (primary N) is 1. The predicted octanol–water partition coefficient (Wildman–Crippen LogP) is 2.27. The van der Waals surface area contributed by atoms with Gasteiger partial charge in [-0.25, -0.2) is 0 Å². The van der Waals surface area contributed by atoms with E-state index in [1.807, 2.05) is 12.1 Å². The zero-order valence-electron chi connectivity index (χ0n) is 15.1. The Hall–Kier alpha value is -1.46. The lowest BCUT2D eigenvalue weighted by atomic mass is 10.2. The summed E-state index contributed by atoms with van der Waals surface area (Å²) in [7, 11) is -2.55. The topological polar surface area (TPSA) is 55.5 Å². The molecule has 2 rings (SSSR count). The quantitative estimate of drug-likeness (QED) is 0.791. The van der Waals surface area contributed by atoms with E-state index in [9.17, 15) is 5.11 Å². The molecule has 0 aliphatic heterocycles. The number of benzene rings is 2. The monoisotopic (exact) mass is 343 g/mol.